The smallest absolute Gasteiger partial charge is 0.306 e. The minimum atomic E-state index is -1.53. The van der Waals surface area contributed by atoms with Gasteiger partial charge in [0.05, 0.1) is 19.8 Å². The highest BCUT2D eigenvalue weighted by Crippen LogP contribution is 2.22. The first kappa shape index (κ1) is 47.0. The molecule has 0 spiro atoms. The zero-order valence-corrected chi connectivity index (χ0v) is 32.2. The van der Waals surface area contributed by atoms with Crippen LogP contribution in [-0.4, -0.2) is 89.6 Å². The van der Waals surface area contributed by atoms with E-state index >= 15 is 0 Å². The Bertz CT molecular complexity index is 777. The van der Waals surface area contributed by atoms with Crippen LogP contribution in [0.1, 0.15) is 181 Å². The number of aliphatic hydroxyl groups excluding tert-OH is 4. The van der Waals surface area contributed by atoms with Crippen LogP contribution in [0.4, 0.5) is 0 Å². The molecule has 0 aliphatic carbocycles. The summed E-state index contributed by atoms with van der Waals surface area (Å²) in [4.78, 5) is 12.7. The number of ether oxygens (including phenoxy) is 4. The maximum absolute atomic E-state index is 12.7. The number of unbranched alkanes of at least 4 members (excludes halogenated alkanes) is 22. The van der Waals surface area contributed by atoms with Gasteiger partial charge in [-0.15, -0.1) is 0 Å². The number of esters is 1. The molecule has 50 heavy (non-hydrogen) atoms. The Morgan fingerprint density at radius 3 is 1.68 bits per heavy atom. The molecule has 0 aromatic carbocycles. The third-order valence-electron chi connectivity index (χ3n) is 9.68. The number of hydrogen-bond donors (Lipinski definition) is 4. The number of rotatable bonds is 35. The fourth-order valence-electron chi connectivity index (χ4n) is 6.35. The first-order valence-electron chi connectivity index (χ1n) is 20.8. The fourth-order valence-corrected chi connectivity index (χ4v) is 6.35. The molecule has 1 aliphatic rings. The monoisotopic (exact) mass is 715 g/mol. The Hall–Kier alpha value is -1.07. The van der Waals surface area contributed by atoms with Crippen LogP contribution >= 0.6 is 0 Å². The molecule has 1 fully saturated rings. The minimum absolute atomic E-state index is 0.112. The van der Waals surface area contributed by atoms with Gasteiger partial charge < -0.3 is 39.4 Å². The van der Waals surface area contributed by atoms with E-state index in [0.717, 1.165) is 51.4 Å². The molecule has 9 heteroatoms. The van der Waals surface area contributed by atoms with Crippen molar-refractivity contribution in [2.24, 2.45) is 0 Å². The number of aliphatic hydroxyl groups is 4. The van der Waals surface area contributed by atoms with E-state index in [4.69, 9.17) is 18.9 Å². The number of hydrogen-bond acceptors (Lipinski definition) is 9. The molecule has 0 amide bonds. The van der Waals surface area contributed by atoms with E-state index in [0.29, 0.717) is 13.0 Å². The molecule has 0 aromatic heterocycles. The molecule has 0 bridgehead atoms. The number of carbonyl (C=O) groups is 1. The van der Waals surface area contributed by atoms with E-state index in [1.807, 2.05) is 0 Å². The van der Waals surface area contributed by atoms with Crippen LogP contribution in [0, 0.1) is 0 Å². The molecule has 0 aromatic rings. The van der Waals surface area contributed by atoms with Gasteiger partial charge in [-0.3, -0.25) is 4.79 Å². The third kappa shape index (κ3) is 25.0. The summed E-state index contributed by atoms with van der Waals surface area (Å²) >= 11 is 0. The van der Waals surface area contributed by atoms with Gasteiger partial charge in [-0.05, 0) is 32.1 Å². The van der Waals surface area contributed by atoms with Gasteiger partial charge in [0, 0.05) is 13.0 Å². The Kier molecular flexibility index (Phi) is 31.7. The molecular weight excluding hydrogens is 636 g/mol. The molecule has 1 aliphatic heterocycles. The van der Waals surface area contributed by atoms with E-state index in [-0.39, 0.29) is 19.2 Å². The van der Waals surface area contributed by atoms with Gasteiger partial charge >= 0.3 is 5.97 Å². The van der Waals surface area contributed by atoms with Crippen molar-refractivity contribution in [3.8, 4) is 0 Å². The van der Waals surface area contributed by atoms with Crippen molar-refractivity contribution in [2.45, 2.75) is 218 Å². The van der Waals surface area contributed by atoms with E-state index in [9.17, 15) is 25.2 Å². The second-order valence-electron chi connectivity index (χ2n) is 14.4. The minimum Gasteiger partial charge on any atom is -0.457 e. The van der Waals surface area contributed by atoms with E-state index in [1.165, 1.54) is 109 Å². The summed E-state index contributed by atoms with van der Waals surface area (Å²) in [6, 6.07) is 0. The molecule has 4 N–H and O–H groups in total. The molecule has 1 rings (SSSR count). The zero-order valence-electron chi connectivity index (χ0n) is 32.2. The lowest BCUT2D eigenvalue weighted by molar-refractivity contribution is -0.305. The summed E-state index contributed by atoms with van der Waals surface area (Å²) < 4.78 is 22.7. The van der Waals surface area contributed by atoms with Gasteiger partial charge in [0.1, 0.15) is 30.5 Å². The molecule has 9 nitrogen and oxygen atoms in total. The van der Waals surface area contributed by atoms with Crippen molar-refractivity contribution >= 4 is 5.97 Å². The summed E-state index contributed by atoms with van der Waals surface area (Å²) in [5.41, 5.74) is 0. The largest absolute Gasteiger partial charge is 0.457 e. The molecule has 6 unspecified atom stereocenters. The second kappa shape index (κ2) is 33.7. The van der Waals surface area contributed by atoms with Crippen LogP contribution in [0.2, 0.25) is 0 Å². The second-order valence-corrected chi connectivity index (χ2v) is 14.4. The Labute approximate surface area is 305 Å². The first-order valence-corrected chi connectivity index (χ1v) is 20.8. The predicted octanol–water partition coefficient (Wildman–Crippen LogP) is 8.47. The summed E-state index contributed by atoms with van der Waals surface area (Å²) in [5.74, 6) is -0.322. The fraction of sp³-hybridized carbons (Fsp3) is 0.927. The maximum atomic E-state index is 12.7. The van der Waals surface area contributed by atoms with Gasteiger partial charge in [-0.2, -0.15) is 0 Å². The van der Waals surface area contributed by atoms with Crippen LogP contribution in [0.15, 0.2) is 12.2 Å². The summed E-state index contributed by atoms with van der Waals surface area (Å²) in [6.07, 6.45) is 28.1. The summed E-state index contributed by atoms with van der Waals surface area (Å²) in [7, 11) is 0. The van der Waals surface area contributed by atoms with Crippen LogP contribution in [0.25, 0.3) is 0 Å². The quantitative estimate of drug-likeness (QED) is 0.0290. The predicted molar refractivity (Wildman–Crippen MR) is 201 cm³/mol. The first-order chi connectivity index (χ1) is 24.4. The van der Waals surface area contributed by atoms with Crippen LogP contribution in [-0.2, 0) is 23.7 Å². The van der Waals surface area contributed by atoms with Crippen LogP contribution in [0.5, 0.6) is 0 Å². The average molecular weight is 715 g/mol. The molecule has 0 saturated carbocycles. The van der Waals surface area contributed by atoms with Crippen LogP contribution in [0.3, 0.4) is 0 Å². The Balaban J connectivity index is 2.27. The topological polar surface area (TPSA) is 135 Å². The van der Waals surface area contributed by atoms with Crippen LogP contribution < -0.4 is 0 Å². The van der Waals surface area contributed by atoms with E-state index in [2.05, 4.69) is 26.0 Å². The Morgan fingerprint density at radius 2 is 1.12 bits per heavy atom. The lowest BCUT2D eigenvalue weighted by Crippen LogP contribution is -2.59. The zero-order chi connectivity index (χ0) is 36.5. The average Bonchev–Trinajstić information content (AvgIpc) is 3.11. The highest BCUT2D eigenvalue weighted by molar-refractivity contribution is 5.69. The summed E-state index contributed by atoms with van der Waals surface area (Å²) in [5, 5.41) is 40.0. The lowest BCUT2D eigenvalue weighted by Gasteiger charge is -2.39. The SMILES string of the molecule is CCCC/C=C\CCCCCCCC(=O)OC(COCCCCCCCCCCCCCCCCCC)COC1OC(CO)C(O)C(O)C1O. The van der Waals surface area contributed by atoms with Gasteiger partial charge in [-0.1, -0.05) is 154 Å². The normalized spacial score (nSPS) is 21.6. The maximum Gasteiger partial charge on any atom is 0.306 e. The molecule has 0 radical (unpaired) electrons. The third-order valence-corrected chi connectivity index (χ3v) is 9.68. The number of carbonyl (C=O) groups excluding carboxylic acids is 1. The standard InChI is InChI=1S/C41H78O9/c1-3-5-7-9-11-13-15-16-17-18-19-21-23-25-27-29-31-47-33-35(34-48-41-40(46)39(45)38(44)36(32-42)50-41)49-37(43)30-28-26-24-22-20-14-12-10-8-6-4-2/h10,12,35-36,38-42,44-46H,3-9,11,13-34H2,1-2H3/b12-10-. The van der Waals surface area contributed by atoms with Crippen molar-refractivity contribution in [1.82, 2.24) is 0 Å². The highest BCUT2D eigenvalue weighted by Gasteiger charge is 2.44. The molecule has 1 saturated heterocycles. The van der Waals surface area contributed by atoms with Crippen molar-refractivity contribution in [3.05, 3.63) is 12.2 Å². The van der Waals surface area contributed by atoms with Gasteiger partial charge in [0.25, 0.3) is 0 Å². The van der Waals surface area contributed by atoms with Crippen molar-refractivity contribution in [2.75, 3.05) is 26.4 Å². The molecule has 1 heterocycles. The van der Waals surface area contributed by atoms with Crippen molar-refractivity contribution in [3.63, 3.8) is 0 Å². The molecule has 6 atom stereocenters. The summed E-state index contributed by atoms with van der Waals surface area (Å²) in [6.45, 7) is 4.53. The molecular formula is C41H78O9. The van der Waals surface area contributed by atoms with E-state index in [1.54, 1.807) is 0 Å². The van der Waals surface area contributed by atoms with Gasteiger partial charge in [0.15, 0.2) is 6.29 Å². The molecule has 296 valence electrons. The Morgan fingerprint density at radius 1 is 0.620 bits per heavy atom. The lowest BCUT2D eigenvalue weighted by atomic mass is 9.99. The van der Waals surface area contributed by atoms with Gasteiger partial charge in [-0.25, -0.2) is 0 Å². The van der Waals surface area contributed by atoms with Crippen molar-refractivity contribution in [1.29, 1.82) is 0 Å². The van der Waals surface area contributed by atoms with Gasteiger partial charge in [0.2, 0.25) is 0 Å². The number of allylic oxidation sites excluding steroid dienone is 2. The van der Waals surface area contributed by atoms with E-state index < -0.39 is 43.4 Å². The van der Waals surface area contributed by atoms with Crippen molar-refractivity contribution < 1.29 is 44.2 Å². The highest BCUT2D eigenvalue weighted by atomic mass is 16.7.